The van der Waals surface area contributed by atoms with E-state index in [-0.39, 0.29) is 0 Å². The van der Waals surface area contributed by atoms with Crippen LogP contribution in [0.3, 0.4) is 0 Å². The molecule has 2 saturated heterocycles. The van der Waals surface area contributed by atoms with Gasteiger partial charge in [-0.05, 0) is 45.8 Å². The van der Waals surface area contributed by atoms with Gasteiger partial charge in [0, 0.05) is 31.7 Å². The zero-order chi connectivity index (χ0) is 11.4. The van der Waals surface area contributed by atoms with Crippen molar-refractivity contribution in [3.63, 3.8) is 0 Å². The summed E-state index contributed by atoms with van der Waals surface area (Å²) in [5.41, 5.74) is 0. The van der Waals surface area contributed by atoms with Crippen molar-refractivity contribution in [1.82, 2.24) is 15.1 Å². The summed E-state index contributed by atoms with van der Waals surface area (Å²) in [4.78, 5) is 5.41. The van der Waals surface area contributed by atoms with Gasteiger partial charge in [-0.2, -0.15) is 0 Å². The molecule has 0 bridgehead atoms. The molecule has 0 amide bonds. The lowest BCUT2D eigenvalue weighted by atomic mass is 10.2. The van der Waals surface area contributed by atoms with E-state index in [9.17, 15) is 0 Å². The van der Waals surface area contributed by atoms with Crippen molar-refractivity contribution in [3.8, 4) is 0 Å². The maximum atomic E-state index is 3.32. The predicted molar refractivity (Wildman–Crippen MR) is 68.8 cm³/mol. The summed E-state index contributed by atoms with van der Waals surface area (Å²) < 4.78 is 0. The summed E-state index contributed by atoms with van der Waals surface area (Å²) in [5, 5.41) is 3.32. The van der Waals surface area contributed by atoms with Gasteiger partial charge in [-0.25, -0.2) is 0 Å². The molecule has 0 aromatic heterocycles. The number of hydrogen-bond acceptors (Lipinski definition) is 3. The van der Waals surface area contributed by atoms with Crippen LogP contribution in [0.25, 0.3) is 0 Å². The summed E-state index contributed by atoms with van der Waals surface area (Å²) in [5.74, 6) is 0. The first-order valence-corrected chi connectivity index (χ1v) is 6.97. The van der Waals surface area contributed by atoms with Gasteiger partial charge >= 0.3 is 0 Å². The van der Waals surface area contributed by atoms with Gasteiger partial charge < -0.3 is 5.32 Å². The Hall–Kier alpha value is -0.120. The van der Waals surface area contributed by atoms with E-state index >= 15 is 0 Å². The fraction of sp³-hybridized carbons (Fsp3) is 1.00. The van der Waals surface area contributed by atoms with Crippen LogP contribution >= 0.6 is 0 Å². The van der Waals surface area contributed by atoms with Crippen LogP contribution in [-0.4, -0.2) is 61.7 Å². The Kier molecular flexibility index (Phi) is 4.62. The SMILES string of the molecule is CCC(CNC)N1CCC(N2CCCC2)C1. The van der Waals surface area contributed by atoms with Crippen LogP contribution in [0.2, 0.25) is 0 Å². The van der Waals surface area contributed by atoms with Crippen molar-refractivity contribution in [1.29, 1.82) is 0 Å². The zero-order valence-corrected chi connectivity index (χ0v) is 10.9. The first-order valence-electron chi connectivity index (χ1n) is 6.97. The van der Waals surface area contributed by atoms with Crippen molar-refractivity contribution in [3.05, 3.63) is 0 Å². The molecule has 2 aliphatic rings. The highest BCUT2D eigenvalue weighted by Gasteiger charge is 2.31. The van der Waals surface area contributed by atoms with Crippen LogP contribution in [0.1, 0.15) is 32.6 Å². The molecule has 2 unspecified atom stereocenters. The molecule has 2 aliphatic heterocycles. The molecule has 0 saturated carbocycles. The molecule has 0 aromatic rings. The Bertz CT molecular complexity index is 201. The molecule has 0 spiro atoms. The number of nitrogens with one attached hydrogen (secondary N) is 1. The number of nitrogens with zero attached hydrogens (tertiary/aromatic N) is 2. The molecule has 1 N–H and O–H groups in total. The van der Waals surface area contributed by atoms with Gasteiger partial charge in [0.25, 0.3) is 0 Å². The third kappa shape index (κ3) is 2.76. The van der Waals surface area contributed by atoms with Gasteiger partial charge in [-0.15, -0.1) is 0 Å². The summed E-state index contributed by atoms with van der Waals surface area (Å²) in [6.45, 7) is 8.76. The number of likely N-dealkylation sites (N-methyl/N-ethyl adjacent to an activating group) is 1. The van der Waals surface area contributed by atoms with E-state index in [0.29, 0.717) is 0 Å². The van der Waals surface area contributed by atoms with Gasteiger partial charge in [0.2, 0.25) is 0 Å². The molecule has 94 valence electrons. The second-order valence-corrected chi connectivity index (χ2v) is 5.30. The van der Waals surface area contributed by atoms with E-state index in [0.717, 1.165) is 18.6 Å². The van der Waals surface area contributed by atoms with Crippen LogP contribution in [0.5, 0.6) is 0 Å². The molecule has 16 heavy (non-hydrogen) atoms. The third-order valence-electron chi connectivity index (χ3n) is 4.28. The standard InChI is InChI=1S/C13H27N3/c1-3-12(10-14-2)16-9-6-13(11-16)15-7-4-5-8-15/h12-14H,3-11H2,1-2H3. The molecule has 0 aromatic carbocycles. The smallest absolute Gasteiger partial charge is 0.0235 e. The van der Waals surface area contributed by atoms with Crippen LogP contribution in [0.4, 0.5) is 0 Å². The normalized spacial score (nSPS) is 30.0. The second kappa shape index (κ2) is 5.99. The molecular weight excluding hydrogens is 198 g/mol. The number of rotatable bonds is 5. The summed E-state index contributed by atoms with van der Waals surface area (Å²) in [6.07, 6.45) is 5.50. The zero-order valence-electron chi connectivity index (χ0n) is 10.9. The maximum Gasteiger partial charge on any atom is 0.0235 e. The Labute approximate surface area is 100 Å². The highest BCUT2D eigenvalue weighted by atomic mass is 15.3. The molecule has 2 fully saturated rings. The topological polar surface area (TPSA) is 18.5 Å². The Morgan fingerprint density at radius 2 is 2.00 bits per heavy atom. The van der Waals surface area contributed by atoms with Gasteiger partial charge in [0.1, 0.15) is 0 Å². The Morgan fingerprint density at radius 3 is 2.62 bits per heavy atom. The van der Waals surface area contributed by atoms with Gasteiger partial charge in [-0.3, -0.25) is 9.80 Å². The van der Waals surface area contributed by atoms with E-state index < -0.39 is 0 Å². The lowest BCUT2D eigenvalue weighted by Gasteiger charge is -2.28. The van der Waals surface area contributed by atoms with Crippen LogP contribution < -0.4 is 5.32 Å². The van der Waals surface area contributed by atoms with Crippen molar-refractivity contribution >= 4 is 0 Å². The average molecular weight is 225 g/mol. The molecule has 0 radical (unpaired) electrons. The lowest BCUT2D eigenvalue weighted by molar-refractivity contribution is 0.194. The molecule has 0 aliphatic carbocycles. The minimum Gasteiger partial charge on any atom is -0.318 e. The number of likely N-dealkylation sites (tertiary alicyclic amines) is 2. The summed E-state index contributed by atoms with van der Waals surface area (Å²) in [7, 11) is 2.07. The molecule has 3 heteroatoms. The first kappa shape index (κ1) is 12.3. The van der Waals surface area contributed by atoms with E-state index in [4.69, 9.17) is 0 Å². The molecular formula is C13H27N3. The largest absolute Gasteiger partial charge is 0.318 e. The summed E-state index contributed by atoms with van der Waals surface area (Å²) in [6, 6.07) is 1.60. The Balaban J connectivity index is 1.81. The predicted octanol–water partition coefficient (Wildman–Crippen LogP) is 1.15. The summed E-state index contributed by atoms with van der Waals surface area (Å²) >= 11 is 0. The third-order valence-corrected chi connectivity index (χ3v) is 4.28. The monoisotopic (exact) mass is 225 g/mol. The van der Waals surface area contributed by atoms with Crippen molar-refractivity contribution in [2.75, 3.05) is 39.8 Å². The van der Waals surface area contributed by atoms with E-state index in [1.807, 2.05) is 0 Å². The fourth-order valence-corrected chi connectivity index (χ4v) is 3.27. The minimum atomic E-state index is 0.748. The molecule has 2 heterocycles. The average Bonchev–Trinajstić information content (AvgIpc) is 2.95. The highest BCUT2D eigenvalue weighted by molar-refractivity contribution is 4.88. The van der Waals surface area contributed by atoms with Crippen molar-refractivity contribution in [2.45, 2.75) is 44.7 Å². The van der Waals surface area contributed by atoms with E-state index in [2.05, 4.69) is 29.1 Å². The lowest BCUT2D eigenvalue weighted by Crippen LogP contribution is -2.42. The quantitative estimate of drug-likeness (QED) is 0.757. The van der Waals surface area contributed by atoms with E-state index in [1.54, 1.807) is 0 Å². The molecule has 2 rings (SSSR count). The second-order valence-electron chi connectivity index (χ2n) is 5.30. The minimum absolute atomic E-state index is 0.748. The van der Waals surface area contributed by atoms with Crippen LogP contribution in [0.15, 0.2) is 0 Å². The van der Waals surface area contributed by atoms with Gasteiger partial charge in [0.05, 0.1) is 0 Å². The van der Waals surface area contributed by atoms with Crippen LogP contribution in [0, 0.1) is 0 Å². The van der Waals surface area contributed by atoms with Gasteiger partial charge in [0.15, 0.2) is 0 Å². The van der Waals surface area contributed by atoms with E-state index in [1.165, 1.54) is 51.9 Å². The van der Waals surface area contributed by atoms with Crippen molar-refractivity contribution in [2.24, 2.45) is 0 Å². The maximum absolute atomic E-state index is 3.32. The fourth-order valence-electron chi connectivity index (χ4n) is 3.27. The van der Waals surface area contributed by atoms with Crippen molar-refractivity contribution < 1.29 is 0 Å². The highest BCUT2D eigenvalue weighted by Crippen LogP contribution is 2.22. The Morgan fingerprint density at radius 1 is 1.25 bits per heavy atom. The molecule has 2 atom stereocenters. The molecule has 3 nitrogen and oxygen atoms in total. The van der Waals surface area contributed by atoms with Gasteiger partial charge in [-0.1, -0.05) is 6.92 Å². The number of hydrogen-bond donors (Lipinski definition) is 1. The first-order chi connectivity index (χ1) is 7.85. The van der Waals surface area contributed by atoms with Crippen LogP contribution in [-0.2, 0) is 0 Å².